The van der Waals surface area contributed by atoms with Crippen molar-refractivity contribution in [3.63, 3.8) is 0 Å². The Morgan fingerprint density at radius 3 is 2.20 bits per heavy atom. The van der Waals surface area contributed by atoms with Crippen molar-refractivity contribution < 1.29 is 4.74 Å². The van der Waals surface area contributed by atoms with Crippen molar-refractivity contribution in [1.29, 1.82) is 0 Å². The molecule has 1 atom stereocenters. The Hall–Kier alpha value is -0.100. The van der Waals surface area contributed by atoms with Crippen LogP contribution in [0.3, 0.4) is 0 Å². The van der Waals surface area contributed by atoms with E-state index >= 15 is 0 Å². The highest BCUT2D eigenvalue weighted by molar-refractivity contribution is 9.11. The summed E-state index contributed by atoms with van der Waals surface area (Å²) in [7, 11) is 0. The lowest BCUT2D eigenvalue weighted by molar-refractivity contribution is 0.221. The molecule has 5 heteroatoms. The van der Waals surface area contributed by atoms with E-state index in [1.165, 1.54) is 5.56 Å². The Balaban J connectivity index is 2.66. The minimum Gasteiger partial charge on any atom is -0.490 e. The van der Waals surface area contributed by atoms with Crippen molar-refractivity contribution in [3.05, 3.63) is 26.6 Å². The third-order valence-corrected chi connectivity index (χ3v) is 4.34. The summed E-state index contributed by atoms with van der Waals surface area (Å²) >= 11 is 7.16. The van der Waals surface area contributed by atoms with Gasteiger partial charge in [-0.05, 0) is 76.0 Å². The maximum atomic E-state index is 5.90. The summed E-state index contributed by atoms with van der Waals surface area (Å²) in [6, 6.07) is 4.32. The third-order valence-electron chi connectivity index (χ3n) is 3.16. The van der Waals surface area contributed by atoms with Gasteiger partial charge in [-0.15, -0.1) is 0 Å². The number of nitrogens with zero attached hydrogens (tertiary/aromatic N) is 1. The SMILES string of the molecule is CCN(CC)CCOc1c(Br)cc(CC(C)N)cc1Br. The van der Waals surface area contributed by atoms with E-state index in [9.17, 15) is 0 Å². The van der Waals surface area contributed by atoms with Gasteiger partial charge in [0.2, 0.25) is 0 Å². The summed E-state index contributed by atoms with van der Waals surface area (Å²) in [4.78, 5) is 2.34. The van der Waals surface area contributed by atoms with Gasteiger partial charge in [0.25, 0.3) is 0 Å². The van der Waals surface area contributed by atoms with E-state index < -0.39 is 0 Å². The second kappa shape index (κ2) is 9.03. The van der Waals surface area contributed by atoms with Crippen molar-refractivity contribution in [2.45, 2.75) is 33.2 Å². The number of hydrogen-bond donors (Lipinski definition) is 1. The van der Waals surface area contributed by atoms with E-state index in [0.717, 1.165) is 40.8 Å². The first-order valence-corrected chi connectivity index (χ1v) is 8.65. The van der Waals surface area contributed by atoms with Crippen LogP contribution in [0, 0.1) is 0 Å². The second-order valence-electron chi connectivity index (χ2n) is 4.95. The van der Waals surface area contributed by atoms with E-state index in [1.54, 1.807) is 0 Å². The van der Waals surface area contributed by atoms with E-state index in [4.69, 9.17) is 10.5 Å². The van der Waals surface area contributed by atoms with Crippen LogP contribution in [0.5, 0.6) is 5.75 Å². The van der Waals surface area contributed by atoms with Crippen LogP contribution < -0.4 is 10.5 Å². The molecule has 2 N–H and O–H groups in total. The zero-order valence-corrected chi connectivity index (χ0v) is 15.6. The summed E-state index contributed by atoms with van der Waals surface area (Å²) in [5.41, 5.74) is 7.04. The molecule has 0 radical (unpaired) electrons. The molecule has 0 fully saturated rings. The number of nitrogens with two attached hydrogens (primary N) is 1. The fraction of sp³-hybridized carbons (Fsp3) is 0.600. The van der Waals surface area contributed by atoms with Gasteiger partial charge in [0.15, 0.2) is 0 Å². The normalized spacial score (nSPS) is 12.8. The number of rotatable bonds is 8. The monoisotopic (exact) mass is 406 g/mol. The molecule has 0 heterocycles. The molecule has 0 bridgehead atoms. The molecule has 3 nitrogen and oxygen atoms in total. The zero-order chi connectivity index (χ0) is 15.1. The Labute approximate surface area is 139 Å². The van der Waals surface area contributed by atoms with E-state index in [1.807, 2.05) is 6.92 Å². The first-order valence-electron chi connectivity index (χ1n) is 7.06. The molecule has 0 aliphatic rings. The summed E-state index contributed by atoms with van der Waals surface area (Å²) in [5, 5.41) is 0. The molecule has 114 valence electrons. The van der Waals surface area contributed by atoms with Crippen LogP contribution in [0.25, 0.3) is 0 Å². The van der Waals surface area contributed by atoms with Gasteiger partial charge in [0.1, 0.15) is 12.4 Å². The average molecular weight is 408 g/mol. The number of ether oxygens (including phenoxy) is 1. The molecule has 0 aliphatic heterocycles. The van der Waals surface area contributed by atoms with Crippen molar-refractivity contribution in [2.24, 2.45) is 5.73 Å². The molecule has 0 aliphatic carbocycles. The summed E-state index contributed by atoms with van der Waals surface area (Å²) < 4.78 is 7.84. The van der Waals surface area contributed by atoms with E-state index in [0.29, 0.717) is 6.61 Å². The number of benzene rings is 1. The standard InChI is InChI=1S/C15H24Br2N2O/c1-4-19(5-2)6-7-20-15-13(16)9-12(8-11(3)18)10-14(15)17/h9-11H,4-8,18H2,1-3H3. The number of likely N-dealkylation sites (N-methyl/N-ethyl adjacent to an activating group) is 1. The number of hydrogen-bond acceptors (Lipinski definition) is 3. The Morgan fingerprint density at radius 1 is 1.20 bits per heavy atom. The van der Waals surface area contributed by atoms with Crippen LogP contribution in [0.2, 0.25) is 0 Å². The summed E-state index contributed by atoms with van der Waals surface area (Å²) in [5.74, 6) is 0.866. The molecule has 0 spiro atoms. The highest BCUT2D eigenvalue weighted by atomic mass is 79.9. The molecular weight excluding hydrogens is 384 g/mol. The van der Waals surface area contributed by atoms with Crippen LogP contribution in [-0.2, 0) is 6.42 Å². The lowest BCUT2D eigenvalue weighted by atomic mass is 10.1. The maximum absolute atomic E-state index is 5.90. The topological polar surface area (TPSA) is 38.5 Å². The van der Waals surface area contributed by atoms with Gasteiger partial charge >= 0.3 is 0 Å². The van der Waals surface area contributed by atoms with Crippen molar-refractivity contribution in [3.8, 4) is 5.75 Å². The molecule has 1 aromatic carbocycles. The van der Waals surface area contributed by atoms with Gasteiger partial charge in [-0.25, -0.2) is 0 Å². The summed E-state index contributed by atoms with van der Waals surface area (Å²) in [6.07, 6.45) is 0.858. The maximum Gasteiger partial charge on any atom is 0.147 e. The second-order valence-corrected chi connectivity index (χ2v) is 6.65. The molecule has 1 rings (SSSR count). The molecule has 1 unspecified atom stereocenters. The lowest BCUT2D eigenvalue weighted by Gasteiger charge is -2.19. The van der Waals surface area contributed by atoms with Gasteiger partial charge in [0.05, 0.1) is 8.95 Å². The fourth-order valence-corrected chi connectivity index (χ4v) is 3.57. The predicted octanol–water partition coefficient (Wildman–Crippen LogP) is 3.82. The molecule has 20 heavy (non-hydrogen) atoms. The number of halogens is 2. The smallest absolute Gasteiger partial charge is 0.147 e. The van der Waals surface area contributed by atoms with E-state index in [-0.39, 0.29) is 6.04 Å². The fourth-order valence-electron chi connectivity index (χ4n) is 2.06. The first-order chi connectivity index (χ1) is 9.47. The average Bonchev–Trinajstić information content (AvgIpc) is 2.36. The molecular formula is C15H24Br2N2O. The van der Waals surface area contributed by atoms with Crippen LogP contribution in [0.15, 0.2) is 21.1 Å². The predicted molar refractivity (Wildman–Crippen MR) is 92.5 cm³/mol. The summed E-state index contributed by atoms with van der Waals surface area (Å²) in [6.45, 7) is 10.1. The molecule has 1 aromatic rings. The molecule has 0 saturated carbocycles. The first kappa shape index (κ1) is 18.0. The Bertz CT molecular complexity index is 397. The quantitative estimate of drug-likeness (QED) is 0.711. The Morgan fingerprint density at radius 2 is 1.75 bits per heavy atom. The largest absolute Gasteiger partial charge is 0.490 e. The third kappa shape index (κ3) is 5.72. The van der Waals surface area contributed by atoms with Gasteiger partial charge in [-0.3, -0.25) is 0 Å². The highest BCUT2D eigenvalue weighted by Gasteiger charge is 2.10. The van der Waals surface area contributed by atoms with Gasteiger partial charge in [-0.1, -0.05) is 13.8 Å². The van der Waals surface area contributed by atoms with Crippen LogP contribution in [0.4, 0.5) is 0 Å². The van der Waals surface area contributed by atoms with Gasteiger partial charge in [-0.2, -0.15) is 0 Å². The zero-order valence-electron chi connectivity index (χ0n) is 12.5. The lowest BCUT2D eigenvalue weighted by Crippen LogP contribution is -2.28. The van der Waals surface area contributed by atoms with Crippen molar-refractivity contribution in [2.75, 3.05) is 26.2 Å². The molecule has 0 amide bonds. The van der Waals surface area contributed by atoms with Gasteiger partial charge in [0, 0.05) is 12.6 Å². The Kier molecular flexibility index (Phi) is 8.10. The van der Waals surface area contributed by atoms with Crippen molar-refractivity contribution >= 4 is 31.9 Å². The van der Waals surface area contributed by atoms with Crippen LogP contribution >= 0.6 is 31.9 Å². The minimum atomic E-state index is 0.156. The van der Waals surface area contributed by atoms with Crippen molar-refractivity contribution in [1.82, 2.24) is 4.90 Å². The van der Waals surface area contributed by atoms with Crippen LogP contribution in [0.1, 0.15) is 26.3 Å². The minimum absolute atomic E-state index is 0.156. The van der Waals surface area contributed by atoms with E-state index in [2.05, 4.69) is 62.7 Å². The molecule has 0 aromatic heterocycles. The molecule has 0 saturated heterocycles. The van der Waals surface area contributed by atoms with Crippen LogP contribution in [-0.4, -0.2) is 37.2 Å². The highest BCUT2D eigenvalue weighted by Crippen LogP contribution is 2.35. The van der Waals surface area contributed by atoms with Gasteiger partial charge < -0.3 is 15.4 Å².